The number of allylic oxidation sites excluding steroid dienone is 4. The van der Waals surface area contributed by atoms with Crippen molar-refractivity contribution in [1.82, 2.24) is 0 Å². The molecule has 0 aromatic carbocycles. The molecule has 0 saturated heterocycles. The third-order valence-electron chi connectivity index (χ3n) is 0.922. The summed E-state index contributed by atoms with van der Waals surface area (Å²) in [6.07, 6.45) is 6.22. The molecule has 0 unspecified atom stereocenters. The van der Waals surface area contributed by atoms with Gasteiger partial charge in [-0.2, -0.15) is 0 Å². The monoisotopic (exact) mass is 166 g/mol. The lowest BCUT2D eigenvalue weighted by Crippen LogP contribution is -2.31. The number of aliphatic hydroxyl groups is 2. The Kier molecular flexibility index (Phi) is 4.40. The zero-order chi connectivity index (χ0) is 9.61. The van der Waals surface area contributed by atoms with Gasteiger partial charge in [0.25, 0.3) is 5.87 Å². The highest BCUT2D eigenvalue weighted by atomic mass is 16.8. The standard InChI is InChI=1S/C8H11BO3/c1-3-5-6-7(4-2)12-8(9,10)11/h3-6,10-11H,2H2,1H3/b5-3-,7-6+. The van der Waals surface area contributed by atoms with Crippen molar-refractivity contribution >= 4 is 7.85 Å². The lowest BCUT2D eigenvalue weighted by Gasteiger charge is -2.18. The van der Waals surface area contributed by atoms with Crippen molar-refractivity contribution in [1.29, 1.82) is 0 Å². The van der Waals surface area contributed by atoms with Gasteiger partial charge in [-0.1, -0.05) is 18.7 Å². The van der Waals surface area contributed by atoms with E-state index in [0.717, 1.165) is 0 Å². The van der Waals surface area contributed by atoms with Crippen LogP contribution in [0.2, 0.25) is 0 Å². The Labute approximate surface area is 73.1 Å². The van der Waals surface area contributed by atoms with Crippen molar-refractivity contribution in [2.75, 3.05) is 0 Å². The van der Waals surface area contributed by atoms with Crippen LogP contribution in [-0.2, 0) is 4.74 Å². The Morgan fingerprint density at radius 1 is 1.58 bits per heavy atom. The van der Waals surface area contributed by atoms with Crippen LogP contribution in [0.3, 0.4) is 0 Å². The SMILES string of the molecule is [B]C(O)(O)O/C(C=C)=C/C=C\C. The average molecular weight is 166 g/mol. The lowest BCUT2D eigenvalue weighted by atomic mass is 10.1. The molecule has 0 bridgehead atoms. The summed E-state index contributed by atoms with van der Waals surface area (Å²) in [5, 5.41) is 17.2. The van der Waals surface area contributed by atoms with Crippen LogP contribution in [-0.4, -0.2) is 23.9 Å². The van der Waals surface area contributed by atoms with Crippen LogP contribution in [0, 0.1) is 0 Å². The molecule has 12 heavy (non-hydrogen) atoms. The van der Waals surface area contributed by atoms with Gasteiger partial charge in [0.2, 0.25) is 7.85 Å². The highest BCUT2D eigenvalue weighted by Crippen LogP contribution is 2.06. The number of hydrogen-bond acceptors (Lipinski definition) is 3. The van der Waals surface area contributed by atoms with E-state index in [-0.39, 0.29) is 5.76 Å². The smallest absolute Gasteiger partial charge is 0.259 e. The Morgan fingerprint density at radius 3 is 2.50 bits per heavy atom. The molecule has 0 spiro atoms. The summed E-state index contributed by atoms with van der Waals surface area (Å²) in [6.45, 7) is 5.20. The summed E-state index contributed by atoms with van der Waals surface area (Å²) in [7, 11) is 4.76. The molecule has 0 saturated carbocycles. The van der Waals surface area contributed by atoms with Crippen LogP contribution < -0.4 is 0 Å². The molecule has 0 aromatic rings. The van der Waals surface area contributed by atoms with Gasteiger partial charge in [0.1, 0.15) is 5.76 Å². The normalized spacial score (nSPS) is 13.4. The van der Waals surface area contributed by atoms with Crippen LogP contribution in [0.15, 0.2) is 36.6 Å². The van der Waals surface area contributed by atoms with E-state index in [2.05, 4.69) is 11.3 Å². The molecular weight excluding hydrogens is 155 g/mol. The molecule has 0 aliphatic heterocycles. The van der Waals surface area contributed by atoms with E-state index < -0.39 is 5.87 Å². The fraction of sp³-hybridized carbons (Fsp3) is 0.250. The quantitative estimate of drug-likeness (QED) is 0.275. The first-order valence-electron chi connectivity index (χ1n) is 3.37. The number of rotatable bonds is 4. The molecule has 0 rings (SSSR count). The summed E-state index contributed by atoms with van der Waals surface area (Å²) in [6, 6.07) is 0. The third kappa shape index (κ3) is 5.76. The van der Waals surface area contributed by atoms with Crippen molar-refractivity contribution in [2.24, 2.45) is 0 Å². The fourth-order valence-electron chi connectivity index (χ4n) is 0.508. The second-order valence-electron chi connectivity index (χ2n) is 2.06. The first-order valence-corrected chi connectivity index (χ1v) is 3.37. The van der Waals surface area contributed by atoms with Gasteiger partial charge in [0, 0.05) is 0 Å². The van der Waals surface area contributed by atoms with Gasteiger partial charge in [-0.05, 0) is 19.1 Å². The lowest BCUT2D eigenvalue weighted by molar-refractivity contribution is -0.252. The summed E-state index contributed by atoms with van der Waals surface area (Å²) < 4.78 is 4.47. The first kappa shape index (κ1) is 11.0. The van der Waals surface area contributed by atoms with E-state index in [9.17, 15) is 0 Å². The highest BCUT2D eigenvalue weighted by Gasteiger charge is 2.15. The summed E-state index contributed by atoms with van der Waals surface area (Å²) in [5.41, 5.74) is 0. The Balaban J connectivity index is 4.28. The van der Waals surface area contributed by atoms with Crippen molar-refractivity contribution < 1.29 is 14.9 Å². The van der Waals surface area contributed by atoms with Crippen molar-refractivity contribution in [3.8, 4) is 0 Å². The van der Waals surface area contributed by atoms with Gasteiger partial charge in [-0.15, -0.1) is 0 Å². The fourth-order valence-corrected chi connectivity index (χ4v) is 0.508. The molecule has 0 aromatic heterocycles. The minimum atomic E-state index is -2.65. The average Bonchev–Trinajstić information content (AvgIpc) is 1.95. The predicted molar refractivity (Wildman–Crippen MR) is 47.1 cm³/mol. The van der Waals surface area contributed by atoms with Gasteiger partial charge in [0.15, 0.2) is 0 Å². The maximum Gasteiger partial charge on any atom is 0.259 e. The van der Waals surface area contributed by atoms with Crippen LogP contribution in [0.5, 0.6) is 0 Å². The largest absolute Gasteiger partial charge is 0.449 e. The van der Waals surface area contributed by atoms with E-state index in [0.29, 0.717) is 0 Å². The molecule has 0 atom stereocenters. The van der Waals surface area contributed by atoms with Crippen molar-refractivity contribution in [3.63, 3.8) is 0 Å². The van der Waals surface area contributed by atoms with Crippen LogP contribution >= 0.6 is 0 Å². The van der Waals surface area contributed by atoms with Crippen molar-refractivity contribution in [3.05, 3.63) is 36.6 Å². The minimum absolute atomic E-state index is 0.181. The van der Waals surface area contributed by atoms with Gasteiger partial charge >= 0.3 is 0 Å². The summed E-state index contributed by atoms with van der Waals surface area (Å²) in [4.78, 5) is 0. The molecule has 0 aliphatic carbocycles. The van der Waals surface area contributed by atoms with Gasteiger partial charge in [0.05, 0.1) is 0 Å². The van der Waals surface area contributed by atoms with E-state index in [4.69, 9.17) is 18.1 Å². The van der Waals surface area contributed by atoms with E-state index in [1.807, 2.05) is 6.92 Å². The maximum absolute atomic E-state index is 8.62. The van der Waals surface area contributed by atoms with Crippen molar-refractivity contribution in [2.45, 2.75) is 12.8 Å². The Morgan fingerprint density at radius 2 is 2.17 bits per heavy atom. The molecule has 3 nitrogen and oxygen atoms in total. The minimum Gasteiger partial charge on any atom is -0.449 e. The molecule has 4 heteroatoms. The first-order chi connectivity index (χ1) is 5.49. The van der Waals surface area contributed by atoms with E-state index in [1.165, 1.54) is 12.2 Å². The van der Waals surface area contributed by atoms with Gasteiger partial charge in [-0.3, -0.25) is 0 Å². The highest BCUT2D eigenvalue weighted by molar-refractivity contribution is 6.11. The van der Waals surface area contributed by atoms with Crippen LogP contribution in [0.4, 0.5) is 0 Å². The second-order valence-corrected chi connectivity index (χ2v) is 2.06. The van der Waals surface area contributed by atoms with E-state index in [1.54, 1.807) is 12.2 Å². The topological polar surface area (TPSA) is 49.7 Å². The zero-order valence-electron chi connectivity index (χ0n) is 6.90. The molecule has 0 amide bonds. The Hall–Kier alpha value is -0.995. The molecule has 0 heterocycles. The van der Waals surface area contributed by atoms with Gasteiger partial charge < -0.3 is 14.9 Å². The van der Waals surface area contributed by atoms with E-state index >= 15 is 0 Å². The molecule has 0 fully saturated rings. The molecule has 2 radical (unpaired) electrons. The zero-order valence-corrected chi connectivity index (χ0v) is 6.90. The molecular formula is C8H11BO3. The maximum atomic E-state index is 8.62. The third-order valence-corrected chi connectivity index (χ3v) is 0.922. The molecule has 2 N–H and O–H groups in total. The second kappa shape index (κ2) is 4.80. The number of hydrogen-bond donors (Lipinski definition) is 2. The molecule has 0 aliphatic rings. The Bertz CT molecular complexity index is 201. The predicted octanol–water partition coefficient (Wildman–Crippen LogP) is 0.413. The summed E-state index contributed by atoms with van der Waals surface area (Å²) >= 11 is 0. The molecule has 64 valence electrons. The summed E-state index contributed by atoms with van der Waals surface area (Å²) in [5.74, 6) is -2.47. The number of ether oxygens (including phenoxy) is 1. The van der Waals surface area contributed by atoms with Gasteiger partial charge in [-0.25, -0.2) is 0 Å². The van der Waals surface area contributed by atoms with Crippen LogP contribution in [0.1, 0.15) is 6.92 Å². The van der Waals surface area contributed by atoms with Crippen LogP contribution in [0.25, 0.3) is 0 Å².